The zero-order valence-electron chi connectivity index (χ0n) is 20.2. The summed E-state index contributed by atoms with van der Waals surface area (Å²) in [7, 11) is 3.96. The molecule has 0 amide bonds. The SMILES string of the molecule is COC(=O)c1c(-c2cc(OC)c(OCc3ccccc3Cl)cc2Br)nn(-c2ccccc2)c1C(=O)OC. The molecule has 37 heavy (non-hydrogen) atoms. The maximum absolute atomic E-state index is 13.0. The van der Waals surface area contributed by atoms with Crippen LogP contribution in [-0.4, -0.2) is 43.0 Å². The molecule has 1 heterocycles. The summed E-state index contributed by atoms with van der Waals surface area (Å²) in [6.07, 6.45) is 0. The van der Waals surface area contributed by atoms with Crippen molar-refractivity contribution in [1.29, 1.82) is 0 Å². The van der Waals surface area contributed by atoms with Gasteiger partial charge < -0.3 is 18.9 Å². The standard InChI is InChI=1S/C27H22BrClN2O6/c1-34-21-13-18(19(28)14-22(21)37-15-16-9-7-8-12-20(16)29)24-23(26(32)35-2)25(27(33)36-3)31(30-24)17-10-5-4-6-11-17/h4-14H,15H2,1-3H3. The van der Waals surface area contributed by atoms with E-state index >= 15 is 0 Å². The molecule has 8 nitrogen and oxygen atoms in total. The normalized spacial score (nSPS) is 10.6. The lowest BCUT2D eigenvalue weighted by molar-refractivity contribution is 0.0549. The van der Waals surface area contributed by atoms with Gasteiger partial charge in [0, 0.05) is 20.6 Å². The summed E-state index contributed by atoms with van der Waals surface area (Å²) in [5.74, 6) is -0.670. The van der Waals surface area contributed by atoms with Gasteiger partial charge in [0.25, 0.3) is 0 Å². The predicted octanol–water partition coefficient (Wildman–Crippen LogP) is 6.12. The Labute approximate surface area is 226 Å². The van der Waals surface area contributed by atoms with Crippen LogP contribution in [0.2, 0.25) is 5.02 Å². The van der Waals surface area contributed by atoms with Crippen LogP contribution in [0.4, 0.5) is 0 Å². The number of carbonyl (C=O) groups excluding carboxylic acids is 2. The molecule has 1 aromatic heterocycles. The molecule has 0 aliphatic rings. The fraction of sp³-hybridized carbons (Fsp3) is 0.148. The first-order valence-electron chi connectivity index (χ1n) is 11.0. The van der Waals surface area contributed by atoms with Crippen LogP contribution in [0.1, 0.15) is 26.4 Å². The van der Waals surface area contributed by atoms with Gasteiger partial charge in [-0.05, 0) is 46.3 Å². The predicted molar refractivity (Wildman–Crippen MR) is 142 cm³/mol. The second-order valence-electron chi connectivity index (χ2n) is 7.67. The minimum Gasteiger partial charge on any atom is -0.493 e. The third kappa shape index (κ3) is 5.33. The van der Waals surface area contributed by atoms with Crippen LogP contribution in [-0.2, 0) is 16.1 Å². The molecular weight excluding hydrogens is 564 g/mol. The second-order valence-corrected chi connectivity index (χ2v) is 8.93. The van der Waals surface area contributed by atoms with Gasteiger partial charge >= 0.3 is 11.9 Å². The maximum atomic E-state index is 13.0. The van der Waals surface area contributed by atoms with Crippen LogP contribution in [0, 0.1) is 0 Å². The molecule has 10 heteroatoms. The average Bonchev–Trinajstić information content (AvgIpc) is 3.32. The van der Waals surface area contributed by atoms with Crippen molar-refractivity contribution in [3.63, 3.8) is 0 Å². The number of hydrogen-bond donors (Lipinski definition) is 0. The molecule has 0 aliphatic heterocycles. The lowest BCUT2D eigenvalue weighted by Gasteiger charge is -2.14. The molecule has 0 unspecified atom stereocenters. The average molecular weight is 586 g/mol. The first kappa shape index (κ1) is 26.2. The minimum atomic E-state index is -0.748. The fourth-order valence-electron chi connectivity index (χ4n) is 3.70. The van der Waals surface area contributed by atoms with E-state index in [0.717, 1.165) is 5.56 Å². The number of methoxy groups -OCH3 is 3. The highest BCUT2D eigenvalue weighted by molar-refractivity contribution is 9.10. The molecule has 0 fully saturated rings. The number of benzene rings is 3. The van der Waals surface area contributed by atoms with E-state index in [1.54, 1.807) is 42.5 Å². The van der Waals surface area contributed by atoms with Gasteiger partial charge in [0.15, 0.2) is 17.2 Å². The number of aromatic nitrogens is 2. The number of para-hydroxylation sites is 1. The Bertz CT molecular complexity index is 1460. The number of hydrogen-bond acceptors (Lipinski definition) is 7. The lowest BCUT2D eigenvalue weighted by Crippen LogP contribution is -2.15. The Morgan fingerprint density at radius 3 is 2.24 bits per heavy atom. The molecule has 4 rings (SSSR count). The molecule has 0 atom stereocenters. The molecule has 0 spiro atoms. The quantitative estimate of drug-likeness (QED) is 0.230. The van der Waals surface area contributed by atoms with E-state index in [-0.39, 0.29) is 23.6 Å². The molecule has 0 saturated carbocycles. The zero-order valence-corrected chi connectivity index (χ0v) is 22.5. The lowest BCUT2D eigenvalue weighted by atomic mass is 10.0. The summed E-state index contributed by atoms with van der Waals surface area (Å²) < 4.78 is 23.5. The van der Waals surface area contributed by atoms with Crippen molar-refractivity contribution in [2.45, 2.75) is 6.61 Å². The van der Waals surface area contributed by atoms with Crippen LogP contribution in [0.5, 0.6) is 11.5 Å². The van der Waals surface area contributed by atoms with E-state index in [2.05, 4.69) is 21.0 Å². The highest BCUT2D eigenvalue weighted by Crippen LogP contribution is 2.41. The third-order valence-electron chi connectivity index (χ3n) is 5.50. The Morgan fingerprint density at radius 2 is 1.59 bits per heavy atom. The highest BCUT2D eigenvalue weighted by Gasteiger charge is 2.32. The van der Waals surface area contributed by atoms with Gasteiger partial charge in [-0.1, -0.05) is 48.0 Å². The number of esters is 2. The van der Waals surface area contributed by atoms with Gasteiger partial charge in [-0.2, -0.15) is 5.10 Å². The van der Waals surface area contributed by atoms with Crippen molar-refractivity contribution >= 4 is 39.5 Å². The molecule has 0 N–H and O–H groups in total. The van der Waals surface area contributed by atoms with Gasteiger partial charge in [-0.3, -0.25) is 0 Å². The Balaban J connectivity index is 1.86. The molecule has 190 valence electrons. The van der Waals surface area contributed by atoms with E-state index < -0.39 is 11.9 Å². The first-order valence-corrected chi connectivity index (χ1v) is 12.2. The van der Waals surface area contributed by atoms with E-state index in [1.165, 1.54) is 26.0 Å². The summed E-state index contributed by atoms with van der Waals surface area (Å²) in [6.45, 7) is 0.213. The molecule has 3 aromatic carbocycles. The van der Waals surface area contributed by atoms with Crippen molar-refractivity contribution in [3.8, 4) is 28.4 Å². The largest absolute Gasteiger partial charge is 0.493 e. The molecule has 0 radical (unpaired) electrons. The van der Waals surface area contributed by atoms with E-state index in [9.17, 15) is 9.59 Å². The number of rotatable bonds is 8. The third-order valence-corrected chi connectivity index (χ3v) is 6.53. The number of carbonyl (C=O) groups is 2. The molecule has 0 bridgehead atoms. The topological polar surface area (TPSA) is 88.9 Å². The van der Waals surface area contributed by atoms with Crippen LogP contribution in [0.3, 0.4) is 0 Å². The first-order chi connectivity index (χ1) is 17.9. The van der Waals surface area contributed by atoms with Gasteiger partial charge in [-0.15, -0.1) is 0 Å². The van der Waals surface area contributed by atoms with Gasteiger partial charge in [0.1, 0.15) is 17.9 Å². The van der Waals surface area contributed by atoms with Crippen LogP contribution < -0.4 is 9.47 Å². The molecular formula is C27H22BrClN2O6. The summed E-state index contributed by atoms with van der Waals surface area (Å²) in [6, 6.07) is 19.7. The van der Waals surface area contributed by atoms with Crippen LogP contribution in [0.15, 0.2) is 71.2 Å². The zero-order chi connectivity index (χ0) is 26.5. The Kier molecular flexibility index (Phi) is 8.15. The van der Waals surface area contributed by atoms with E-state index in [0.29, 0.717) is 32.2 Å². The van der Waals surface area contributed by atoms with Crippen molar-refractivity contribution < 1.29 is 28.5 Å². The van der Waals surface area contributed by atoms with Crippen molar-refractivity contribution in [2.75, 3.05) is 21.3 Å². The van der Waals surface area contributed by atoms with Crippen LogP contribution >= 0.6 is 27.5 Å². The summed E-state index contributed by atoms with van der Waals surface area (Å²) in [4.78, 5) is 25.8. The molecule has 4 aromatic rings. The monoisotopic (exact) mass is 584 g/mol. The number of ether oxygens (including phenoxy) is 4. The van der Waals surface area contributed by atoms with Gasteiger partial charge in [-0.25, -0.2) is 14.3 Å². The van der Waals surface area contributed by atoms with E-state index in [4.69, 9.17) is 30.5 Å². The summed E-state index contributed by atoms with van der Waals surface area (Å²) >= 11 is 9.81. The van der Waals surface area contributed by atoms with Crippen molar-refractivity contribution in [2.24, 2.45) is 0 Å². The highest BCUT2D eigenvalue weighted by atomic mass is 79.9. The van der Waals surface area contributed by atoms with Gasteiger partial charge in [0.2, 0.25) is 0 Å². The fourth-order valence-corrected chi connectivity index (χ4v) is 4.40. The van der Waals surface area contributed by atoms with Crippen LogP contribution in [0.25, 0.3) is 16.9 Å². The maximum Gasteiger partial charge on any atom is 0.357 e. The Hall–Kier alpha value is -3.82. The Morgan fingerprint density at radius 1 is 0.919 bits per heavy atom. The smallest absolute Gasteiger partial charge is 0.357 e. The number of halogens is 2. The van der Waals surface area contributed by atoms with Crippen molar-refractivity contribution in [1.82, 2.24) is 9.78 Å². The van der Waals surface area contributed by atoms with E-state index in [1.807, 2.05) is 24.3 Å². The summed E-state index contributed by atoms with van der Waals surface area (Å²) in [5, 5.41) is 5.22. The molecule has 0 saturated heterocycles. The van der Waals surface area contributed by atoms with Gasteiger partial charge in [0.05, 0.1) is 27.0 Å². The summed E-state index contributed by atoms with van der Waals surface area (Å²) in [5.41, 5.74) is 1.91. The number of nitrogens with zero attached hydrogens (tertiary/aromatic N) is 2. The minimum absolute atomic E-state index is 0.0503. The van der Waals surface area contributed by atoms with Crippen molar-refractivity contribution in [3.05, 3.63) is 93.0 Å². The molecule has 0 aliphatic carbocycles. The second kappa shape index (κ2) is 11.5.